The van der Waals surface area contributed by atoms with Crippen LogP contribution < -0.4 is 10.2 Å². The Morgan fingerprint density at radius 2 is 2.21 bits per heavy atom. The van der Waals surface area contributed by atoms with Gasteiger partial charge in [0.15, 0.2) is 9.84 Å². The molecule has 1 saturated heterocycles. The first-order valence-electron chi connectivity index (χ1n) is 8.40. The molecule has 1 aliphatic heterocycles. The fourth-order valence-corrected chi connectivity index (χ4v) is 4.49. The Balaban J connectivity index is 2.09. The minimum atomic E-state index is -2.98. The maximum atomic E-state index is 12.2. The molecule has 8 heteroatoms. The lowest BCUT2D eigenvalue weighted by molar-refractivity contribution is 0.0947. The second kappa shape index (κ2) is 7.92. The number of carbonyl (C=O) groups is 1. The third kappa shape index (κ3) is 4.90. The van der Waals surface area contributed by atoms with E-state index < -0.39 is 9.84 Å². The van der Waals surface area contributed by atoms with Gasteiger partial charge < -0.3 is 10.2 Å². The number of anilines is 1. The van der Waals surface area contributed by atoms with Gasteiger partial charge in [-0.3, -0.25) is 4.79 Å². The molecule has 7 nitrogen and oxygen atoms in total. The molecule has 134 valence electrons. The summed E-state index contributed by atoms with van der Waals surface area (Å²) in [6, 6.07) is 1.45. The van der Waals surface area contributed by atoms with Gasteiger partial charge in [0, 0.05) is 25.3 Å². The molecule has 0 saturated carbocycles. The fourth-order valence-electron chi connectivity index (χ4n) is 2.76. The van der Waals surface area contributed by atoms with E-state index in [1.54, 1.807) is 12.3 Å². The maximum Gasteiger partial charge on any atom is 0.270 e. The van der Waals surface area contributed by atoms with E-state index in [9.17, 15) is 13.2 Å². The molecule has 1 atom stereocenters. The van der Waals surface area contributed by atoms with Crippen molar-refractivity contribution in [1.82, 2.24) is 15.3 Å². The Kier molecular flexibility index (Phi) is 6.15. The van der Waals surface area contributed by atoms with Gasteiger partial charge in [0.25, 0.3) is 5.91 Å². The SMILES string of the molecule is CCN(c1nccc(C(=O)NCCC(C)C)n1)C1CCS(=O)(=O)C1. The van der Waals surface area contributed by atoms with Gasteiger partial charge in [-0.05, 0) is 31.7 Å². The number of aromatic nitrogens is 2. The first-order valence-corrected chi connectivity index (χ1v) is 10.2. The monoisotopic (exact) mass is 354 g/mol. The normalized spacial score (nSPS) is 19.4. The van der Waals surface area contributed by atoms with Crippen LogP contribution in [0.2, 0.25) is 0 Å². The molecule has 1 aromatic rings. The molecule has 1 unspecified atom stereocenters. The smallest absolute Gasteiger partial charge is 0.270 e. The lowest BCUT2D eigenvalue weighted by Gasteiger charge is -2.26. The van der Waals surface area contributed by atoms with E-state index >= 15 is 0 Å². The molecule has 0 aliphatic carbocycles. The highest BCUT2D eigenvalue weighted by atomic mass is 32.2. The minimum absolute atomic E-state index is 0.120. The van der Waals surface area contributed by atoms with E-state index in [1.165, 1.54) is 0 Å². The van der Waals surface area contributed by atoms with Crippen LogP contribution in [0.25, 0.3) is 0 Å². The van der Waals surface area contributed by atoms with Gasteiger partial charge in [-0.25, -0.2) is 18.4 Å². The highest BCUT2D eigenvalue weighted by molar-refractivity contribution is 7.91. The summed E-state index contributed by atoms with van der Waals surface area (Å²) in [6.45, 7) is 7.34. The van der Waals surface area contributed by atoms with Crippen LogP contribution in [0.1, 0.15) is 44.1 Å². The van der Waals surface area contributed by atoms with Crippen LogP contribution >= 0.6 is 0 Å². The molecule has 0 radical (unpaired) electrons. The zero-order valence-corrected chi connectivity index (χ0v) is 15.3. The Labute approximate surface area is 143 Å². The summed E-state index contributed by atoms with van der Waals surface area (Å²) in [5, 5.41) is 2.85. The molecule has 0 spiro atoms. The largest absolute Gasteiger partial charge is 0.351 e. The van der Waals surface area contributed by atoms with Crippen molar-refractivity contribution < 1.29 is 13.2 Å². The summed E-state index contributed by atoms with van der Waals surface area (Å²) < 4.78 is 23.4. The van der Waals surface area contributed by atoms with Gasteiger partial charge in [-0.15, -0.1) is 0 Å². The van der Waals surface area contributed by atoms with Crippen LogP contribution in [0, 0.1) is 5.92 Å². The third-order valence-corrected chi connectivity index (χ3v) is 5.88. The zero-order chi connectivity index (χ0) is 17.7. The lowest BCUT2D eigenvalue weighted by atomic mass is 10.1. The van der Waals surface area contributed by atoms with Gasteiger partial charge in [0.2, 0.25) is 5.95 Å². The molecular formula is C16H26N4O3S. The second-order valence-electron chi connectivity index (χ2n) is 6.52. The van der Waals surface area contributed by atoms with Gasteiger partial charge in [0.05, 0.1) is 11.5 Å². The highest BCUT2D eigenvalue weighted by Gasteiger charge is 2.33. The molecule has 0 aromatic carbocycles. The van der Waals surface area contributed by atoms with Crippen molar-refractivity contribution in [3.63, 3.8) is 0 Å². The predicted molar refractivity (Wildman–Crippen MR) is 93.9 cm³/mol. The van der Waals surface area contributed by atoms with Gasteiger partial charge in [-0.2, -0.15) is 0 Å². The predicted octanol–water partition coefficient (Wildman–Crippen LogP) is 1.27. The van der Waals surface area contributed by atoms with Crippen LogP contribution in [-0.2, 0) is 9.84 Å². The Morgan fingerprint density at radius 1 is 1.46 bits per heavy atom. The standard InChI is InChI=1S/C16H26N4O3S/c1-4-20(13-7-10-24(22,23)11-13)16-18-9-6-14(19-16)15(21)17-8-5-12(2)3/h6,9,12-13H,4-5,7-8,10-11H2,1-3H3,(H,17,21). The molecule has 24 heavy (non-hydrogen) atoms. The highest BCUT2D eigenvalue weighted by Crippen LogP contribution is 2.21. The summed E-state index contributed by atoms with van der Waals surface area (Å²) in [5.41, 5.74) is 0.308. The minimum Gasteiger partial charge on any atom is -0.351 e. The summed E-state index contributed by atoms with van der Waals surface area (Å²) in [6.07, 6.45) is 3.03. The van der Waals surface area contributed by atoms with Crippen molar-refractivity contribution in [2.75, 3.05) is 29.5 Å². The number of nitrogens with one attached hydrogen (secondary N) is 1. The molecule has 1 aliphatic rings. The molecule has 0 bridgehead atoms. The summed E-state index contributed by atoms with van der Waals surface area (Å²) in [4.78, 5) is 22.6. The topological polar surface area (TPSA) is 92.3 Å². The van der Waals surface area contributed by atoms with Crippen LogP contribution in [0.15, 0.2) is 12.3 Å². The number of amides is 1. The van der Waals surface area contributed by atoms with E-state index in [0.29, 0.717) is 37.1 Å². The van der Waals surface area contributed by atoms with Crippen LogP contribution in [0.4, 0.5) is 5.95 Å². The summed E-state index contributed by atoms with van der Waals surface area (Å²) >= 11 is 0. The van der Waals surface area contributed by atoms with Crippen molar-refractivity contribution in [1.29, 1.82) is 0 Å². The fraction of sp³-hybridized carbons (Fsp3) is 0.688. The molecule has 2 heterocycles. The van der Waals surface area contributed by atoms with Crippen LogP contribution in [0.5, 0.6) is 0 Å². The molecule has 2 rings (SSSR count). The Morgan fingerprint density at radius 3 is 2.79 bits per heavy atom. The third-order valence-electron chi connectivity index (χ3n) is 4.13. The van der Waals surface area contributed by atoms with Crippen molar-refractivity contribution in [3.05, 3.63) is 18.0 Å². The quantitative estimate of drug-likeness (QED) is 0.793. The Hall–Kier alpha value is -1.70. The Bertz CT molecular complexity index is 676. The average molecular weight is 354 g/mol. The van der Waals surface area contributed by atoms with Crippen LogP contribution in [-0.4, -0.2) is 54.9 Å². The molecule has 1 fully saturated rings. The van der Waals surface area contributed by atoms with Crippen molar-refractivity contribution >= 4 is 21.7 Å². The van der Waals surface area contributed by atoms with E-state index in [4.69, 9.17) is 0 Å². The maximum absolute atomic E-state index is 12.2. The number of hydrogen-bond donors (Lipinski definition) is 1. The van der Waals surface area contributed by atoms with E-state index in [2.05, 4.69) is 29.1 Å². The van der Waals surface area contributed by atoms with Gasteiger partial charge in [-0.1, -0.05) is 13.8 Å². The zero-order valence-electron chi connectivity index (χ0n) is 14.5. The number of nitrogens with zero attached hydrogens (tertiary/aromatic N) is 3. The molecule has 1 N–H and O–H groups in total. The van der Waals surface area contributed by atoms with E-state index in [0.717, 1.165) is 6.42 Å². The number of rotatable bonds is 7. The summed E-state index contributed by atoms with van der Waals surface area (Å²) in [5.74, 6) is 1.02. The first kappa shape index (κ1) is 18.6. The molecule has 1 aromatic heterocycles. The van der Waals surface area contributed by atoms with Crippen molar-refractivity contribution in [2.24, 2.45) is 5.92 Å². The van der Waals surface area contributed by atoms with Crippen LogP contribution in [0.3, 0.4) is 0 Å². The van der Waals surface area contributed by atoms with Gasteiger partial charge in [0.1, 0.15) is 5.69 Å². The lowest BCUT2D eigenvalue weighted by Crippen LogP contribution is -2.38. The van der Waals surface area contributed by atoms with Gasteiger partial charge >= 0.3 is 0 Å². The average Bonchev–Trinajstić information content (AvgIpc) is 2.88. The summed E-state index contributed by atoms with van der Waals surface area (Å²) in [7, 11) is -2.98. The van der Waals surface area contributed by atoms with Crippen molar-refractivity contribution in [2.45, 2.75) is 39.7 Å². The van der Waals surface area contributed by atoms with E-state index in [-0.39, 0.29) is 23.5 Å². The number of hydrogen-bond acceptors (Lipinski definition) is 6. The number of carbonyl (C=O) groups excluding carboxylic acids is 1. The second-order valence-corrected chi connectivity index (χ2v) is 8.75. The number of sulfone groups is 1. The van der Waals surface area contributed by atoms with Crippen molar-refractivity contribution in [3.8, 4) is 0 Å². The molecular weight excluding hydrogens is 328 g/mol. The first-order chi connectivity index (χ1) is 11.3. The van der Waals surface area contributed by atoms with E-state index in [1.807, 2.05) is 11.8 Å². The molecule has 1 amide bonds.